The molecule has 0 amide bonds. The van der Waals surface area contributed by atoms with Gasteiger partial charge in [0.1, 0.15) is 11.5 Å². The molecule has 0 bridgehead atoms. The Kier molecular flexibility index (Phi) is 4.63. The summed E-state index contributed by atoms with van der Waals surface area (Å²) in [7, 11) is 1.29. The summed E-state index contributed by atoms with van der Waals surface area (Å²) >= 11 is 1.48. The minimum Gasteiger partial charge on any atom is -0.464 e. The Morgan fingerprint density at radius 1 is 1.24 bits per heavy atom. The standard InChI is InChI=1S/C16H16FNO2S/c1-9-5-6-13(16(19)20-3)18-15(9)14-10(2)7-11(21-4)8-12(14)17/h5-8H,1-4H3. The lowest BCUT2D eigenvalue weighted by molar-refractivity contribution is 0.0594. The molecule has 1 aromatic carbocycles. The molecule has 0 fully saturated rings. The third-order valence-corrected chi connectivity index (χ3v) is 3.93. The second kappa shape index (κ2) is 6.26. The van der Waals surface area contributed by atoms with Gasteiger partial charge in [0.2, 0.25) is 0 Å². The molecular formula is C16H16FNO2S. The number of nitrogens with zero attached hydrogens (tertiary/aromatic N) is 1. The van der Waals surface area contributed by atoms with Crippen LogP contribution in [0.25, 0.3) is 11.3 Å². The van der Waals surface area contributed by atoms with Gasteiger partial charge in [-0.15, -0.1) is 11.8 Å². The van der Waals surface area contributed by atoms with Crippen molar-refractivity contribution in [2.24, 2.45) is 0 Å². The van der Waals surface area contributed by atoms with Gasteiger partial charge in [0.25, 0.3) is 0 Å². The second-order valence-electron chi connectivity index (χ2n) is 4.65. The van der Waals surface area contributed by atoms with E-state index in [4.69, 9.17) is 0 Å². The van der Waals surface area contributed by atoms with Crippen LogP contribution in [-0.4, -0.2) is 24.3 Å². The van der Waals surface area contributed by atoms with Crippen molar-refractivity contribution >= 4 is 17.7 Å². The quantitative estimate of drug-likeness (QED) is 0.634. The molecule has 2 rings (SSSR count). The maximum Gasteiger partial charge on any atom is 0.356 e. The van der Waals surface area contributed by atoms with Crippen molar-refractivity contribution in [3.05, 3.63) is 46.9 Å². The first-order valence-electron chi connectivity index (χ1n) is 6.38. The molecule has 0 atom stereocenters. The van der Waals surface area contributed by atoms with Crippen molar-refractivity contribution in [3.8, 4) is 11.3 Å². The van der Waals surface area contributed by atoms with Gasteiger partial charge in [-0.25, -0.2) is 14.2 Å². The van der Waals surface area contributed by atoms with Gasteiger partial charge in [0.05, 0.1) is 12.8 Å². The first-order chi connectivity index (χ1) is 9.97. The van der Waals surface area contributed by atoms with Crippen LogP contribution in [0.4, 0.5) is 4.39 Å². The van der Waals surface area contributed by atoms with Crippen LogP contribution >= 0.6 is 11.8 Å². The van der Waals surface area contributed by atoms with Gasteiger partial charge in [-0.3, -0.25) is 0 Å². The summed E-state index contributed by atoms with van der Waals surface area (Å²) in [5.74, 6) is -0.869. The van der Waals surface area contributed by atoms with E-state index in [1.54, 1.807) is 12.1 Å². The van der Waals surface area contributed by atoms with E-state index in [0.717, 1.165) is 16.0 Å². The van der Waals surface area contributed by atoms with Crippen molar-refractivity contribution in [1.82, 2.24) is 4.98 Å². The van der Waals surface area contributed by atoms with Crippen molar-refractivity contribution in [1.29, 1.82) is 0 Å². The molecule has 0 saturated heterocycles. The molecule has 2 aromatic rings. The lowest BCUT2D eigenvalue weighted by atomic mass is 10.0. The van der Waals surface area contributed by atoms with Crippen molar-refractivity contribution in [2.45, 2.75) is 18.7 Å². The number of benzene rings is 1. The van der Waals surface area contributed by atoms with E-state index in [1.165, 1.54) is 24.9 Å². The van der Waals surface area contributed by atoms with Crippen LogP contribution < -0.4 is 0 Å². The number of esters is 1. The fourth-order valence-corrected chi connectivity index (χ4v) is 2.65. The number of methoxy groups -OCH3 is 1. The van der Waals surface area contributed by atoms with Gasteiger partial charge < -0.3 is 4.74 Å². The molecule has 110 valence electrons. The average Bonchev–Trinajstić information content (AvgIpc) is 2.47. The lowest BCUT2D eigenvalue weighted by Gasteiger charge is -2.12. The predicted molar refractivity (Wildman–Crippen MR) is 82.2 cm³/mol. The van der Waals surface area contributed by atoms with E-state index in [1.807, 2.05) is 26.2 Å². The SMILES string of the molecule is COC(=O)c1ccc(C)c(-c2c(C)cc(SC)cc2F)n1. The smallest absolute Gasteiger partial charge is 0.356 e. The molecular weight excluding hydrogens is 289 g/mol. The largest absolute Gasteiger partial charge is 0.464 e. The van der Waals surface area contributed by atoms with Crippen LogP contribution in [-0.2, 0) is 4.74 Å². The van der Waals surface area contributed by atoms with Gasteiger partial charge in [0.15, 0.2) is 0 Å². The molecule has 0 N–H and O–H groups in total. The number of rotatable bonds is 3. The number of pyridine rings is 1. The Bertz CT molecular complexity index is 678. The monoisotopic (exact) mass is 305 g/mol. The highest BCUT2D eigenvalue weighted by atomic mass is 32.2. The van der Waals surface area contributed by atoms with Crippen LogP contribution in [0.3, 0.4) is 0 Å². The number of hydrogen-bond acceptors (Lipinski definition) is 4. The maximum absolute atomic E-state index is 14.4. The molecule has 0 unspecified atom stereocenters. The van der Waals surface area contributed by atoms with Crippen LogP contribution in [0.5, 0.6) is 0 Å². The van der Waals surface area contributed by atoms with Gasteiger partial charge in [-0.05, 0) is 49.4 Å². The van der Waals surface area contributed by atoms with Gasteiger partial charge in [0, 0.05) is 10.5 Å². The number of aromatic nitrogens is 1. The summed E-state index contributed by atoms with van der Waals surface area (Å²) in [5.41, 5.74) is 2.67. The number of carbonyl (C=O) groups excluding carboxylic acids is 1. The summed E-state index contributed by atoms with van der Waals surface area (Å²) in [4.78, 5) is 16.7. The number of halogens is 1. The van der Waals surface area contributed by atoms with Crippen LogP contribution in [0.15, 0.2) is 29.2 Å². The average molecular weight is 305 g/mol. The van der Waals surface area contributed by atoms with Gasteiger partial charge in [-0.1, -0.05) is 6.07 Å². The Balaban J connectivity index is 2.64. The first kappa shape index (κ1) is 15.5. The van der Waals surface area contributed by atoms with Crippen molar-refractivity contribution in [2.75, 3.05) is 13.4 Å². The third kappa shape index (κ3) is 3.08. The molecule has 1 heterocycles. The zero-order valence-electron chi connectivity index (χ0n) is 12.4. The summed E-state index contributed by atoms with van der Waals surface area (Å²) in [6.07, 6.45) is 1.90. The Labute approximate surface area is 127 Å². The van der Waals surface area contributed by atoms with E-state index < -0.39 is 5.97 Å². The molecule has 0 radical (unpaired) electrons. The van der Waals surface area contributed by atoms with Crippen LogP contribution in [0.1, 0.15) is 21.6 Å². The van der Waals surface area contributed by atoms with Crippen LogP contribution in [0.2, 0.25) is 0 Å². The highest BCUT2D eigenvalue weighted by molar-refractivity contribution is 7.98. The third-order valence-electron chi connectivity index (χ3n) is 3.22. The molecule has 0 spiro atoms. The van der Waals surface area contributed by atoms with Crippen molar-refractivity contribution < 1.29 is 13.9 Å². The maximum atomic E-state index is 14.4. The summed E-state index contributed by atoms with van der Waals surface area (Å²) in [5, 5.41) is 0. The van der Waals surface area contributed by atoms with E-state index >= 15 is 0 Å². The Morgan fingerprint density at radius 2 is 1.95 bits per heavy atom. The van der Waals surface area contributed by atoms with E-state index in [-0.39, 0.29) is 11.5 Å². The Morgan fingerprint density at radius 3 is 2.52 bits per heavy atom. The second-order valence-corrected chi connectivity index (χ2v) is 5.53. The highest BCUT2D eigenvalue weighted by Crippen LogP contribution is 2.31. The minimum atomic E-state index is -0.532. The minimum absolute atomic E-state index is 0.172. The zero-order chi connectivity index (χ0) is 15.6. The number of carbonyl (C=O) groups is 1. The highest BCUT2D eigenvalue weighted by Gasteiger charge is 2.17. The molecule has 0 aliphatic carbocycles. The normalized spacial score (nSPS) is 10.5. The first-order valence-corrected chi connectivity index (χ1v) is 7.61. The Hall–Kier alpha value is -1.88. The number of aryl methyl sites for hydroxylation is 2. The molecule has 0 aliphatic rings. The summed E-state index contributed by atoms with van der Waals surface area (Å²) < 4.78 is 19.1. The van der Waals surface area contributed by atoms with Gasteiger partial charge in [-0.2, -0.15) is 0 Å². The fourth-order valence-electron chi connectivity index (χ4n) is 2.13. The van der Waals surface area contributed by atoms with Crippen LogP contribution in [0, 0.1) is 19.7 Å². The number of hydrogen-bond donors (Lipinski definition) is 0. The molecule has 21 heavy (non-hydrogen) atoms. The van der Waals surface area contributed by atoms with E-state index in [9.17, 15) is 9.18 Å². The van der Waals surface area contributed by atoms with Crippen molar-refractivity contribution in [3.63, 3.8) is 0 Å². The molecule has 3 nitrogen and oxygen atoms in total. The van der Waals surface area contributed by atoms with Gasteiger partial charge >= 0.3 is 5.97 Å². The number of ether oxygens (including phenoxy) is 1. The molecule has 5 heteroatoms. The molecule has 0 saturated carbocycles. The summed E-state index contributed by atoms with van der Waals surface area (Å²) in [6.45, 7) is 3.68. The summed E-state index contributed by atoms with van der Waals surface area (Å²) in [6, 6.07) is 6.72. The molecule has 1 aromatic heterocycles. The predicted octanol–water partition coefficient (Wildman–Crippen LogP) is 4.01. The zero-order valence-corrected chi connectivity index (χ0v) is 13.2. The lowest BCUT2D eigenvalue weighted by Crippen LogP contribution is -2.06. The molecule has 0 aliphatic heterocycles. The number of thioether (sulfide) groups is 1. The van der Waals surface area contributed by atoms with E-state index in [0.29, 0.717) is 11.3 Å². The van der Waals surface area contributed by atoms with E-state index in [2.05, 4.69) is 9.72 Å². The fraction of sp³-hybridized carbons (Fsp3) is 0.250. The topological polar surface area (TPSA) is 39.2 Å².